The van der Waals surface area contributed by atoms with Gasteiger partial charge in [0.2, 0.25) is 0 Å². The first-order valence-corrected chi connectivity index (χ1v) is 9.11. The van der Waals surface area contributed by atoms with E-state index in [1.807, 2.05) is 32.0 Å². The molecular weight excluding hydrogens is 326 g/mol. The van der Waals surface area contributed by atoms with Crippen molar-refractivity contribution in [3.8, 4) is 11.5 Å². The highest BCUT2D eigenvalue weighted by molar-refractivity contribution is 7.93. The number of anilines is 1. The summed E-state index contributed by atoms with van der Waals surface area (Å²) in [6.45, 7) is 5.89. The van der Waals surface area contributed by atoms with Crippen LogP contribution >= 0.6 is 0 Å². The Morgan fingerprint density at radius 3 is 2.21 bits per heavy atom. The van der Waals surface area contributed by atoms with Gasteiger partial charge in [0.15, 0.2) is 0 Å². The third-order valence-corrected chi connectivity index (χ3v) is 5.75. The average molecular weight is 349 g/mol. The first kappa shape index (κ1) is 18.1. The third kappa shape index (κ3) is 3.33. The summed E-state index contributed by atoms with van der Waals surface area (Å²) < 4.78 is 38.4. The summed E-state index contributed by atoms with van der Waals surface area (Å²) in [6, 6.07) is 10.6. The second-order valence-electron chi connectivity index (χ2n) is 5.48. The third-order valence-electron chi connectivity index (χ3n) is 3.83. The lowest BCUT2D eigenvalue weighted by Crippen LogP contribution is -2.31. The van der Waals surface area contributed by atoms with Crippen LogP contribution in [0.3, 0.4) is 0 Å². The maximum absolute atomic E-state index is 13.2. The number of aryl methyl sites for hydroxylation is 2. The van der Waals surface area contributed by atoms with Crippen molar-refractivity contribution in [2.45, 2.75) is 25.7 Å². The minimum absolute atomic E-state index is 0.0933. The monoisotopic (exact) mass is 349 g/mol. The van der Waals surface area contributed by atoms with Crippen molar-refractivity contribution >= 4 is 15.7 Å². The summed E-state index contributed by atoms with van der Waals surface area (Å²) in [5, 5.41) is 0. The molecule has 2 aromatic rings. The molecule has 24 heavy (non-hydrogen) atoms. The fraction of sp³-hybridized carbons (Fsp3) is 0.333. The smallest absolute Gasteiger partial charge is 0.268 e. The van der Waals surface area contributed by atoms with E-state index in [4.69, 9.17) is 9.47 Å². The van der Waals surface area contributed by atoms with Crippen LogP contribution in [0, 0.1) is 13.8 Å². The Kier molecular flexibility index (Phi) is 5.39. The maximum Gasteiger partial charge on any atom is 0.268 e. The SMILES string of the molecule is CCN(c1cccc(C)c1)S(=O)(=O)c1cc(OC)c(C)cc1OC. The van der Waals surface area contributed by atoms with E-state index in [1.165, 1.54) is 24.6 Å². The lowest BCUT2D eigenvalue weighted by Gasteiger charge is -2.24. The lowest BCUT2D eigenvalue weighted by molar-refractivity contribution is 0.390. The van der Waals surface area contributed by atoms with Crippen LogP contribution in [0.4, 0.5) is 5.69 Å². The van der Waals surface area contributed by atoms with Gasteiger partial charge in [-0.15, -0.1) is 0 Å². The van der Waals surface area contributed by atoms with Gasteiger partial charge in [-0.2, -0.15) is 0 Å². The highest BCUT2D eigenvalue weighted by Crippen LogP contribution is 2.35. The Labute approximate surface area is 143 Å². The number of hydrogen-bond donors (Lipinski definition) is 0. The van der Waals surface area contributed by atoms with E-state index in [1.54, 1.807) is 19.1 Å². The summed E-state index contributed by atoms with van der Waals surface area (Å²) >= 11 is 0. The van der Waals surface area contributed by atoms with E-state index in [-0.39, 0.29) is 4.90 Å². The predicted octanol–water partition coefficient (Wildman–Crippen LogP) is 3.54. The van der Waals surface area contributed by atoms with E-state index in [0.29, 0.717) is 23.7 Å². The molecule has 0 amide bonds. The molecule has 0 heterocycles. The average Bonchev–Trinajstić information content (AvgIpc) is 2.54. The van der Waals surface area contributed by atoms with Crippen molar-refractivity contribution in [2.75, 3.05) is 25.1 Å². The van der Waals surface area contributed by atoms with Crippen molar-refractivity contribution < 1.29 is 17.9 Å². The van der Waals surface area contributed by atoms with E-state index in [0.717, 1.165) is 11.1 Å². The Bertz CT molecular complexity index is 831. The topological polar surface area (TPSA) is 55.8 Å². The van der Waals surface area contributed by atoms with Gasteiger partial charge in [-0.1, -0.05) is 12.1 Å². The molecule has 2 rings (SSSR count). The van der Waals surface area contributed by atoms with E-state index in [9.17, 15) is 8.42 Å². The Morgan fingerprint density at radius 1 is 1.00 bits per heavy atom. The van der Waals surface area contributed by atoms with E-state index in [2.05, 4.69) is 0 Å². The molecule has 0 unspecified atom stereocenters. The van der Waals surface area contributed by atoms with Gasteiger partial charge in [0.05, 0.1) is 19.9 Å². The fourth-order valence-corrected chi connectivity index (χ4v) is 4.24. The summed E-state index contributed by atoms with van der Waals surface area (Å²) in [6.07, 6.45) is 0. The quantitative estimate of drug-likeness (QED) is 0.800. The zero-order valence-electron chi connectivity index (χ0n) is 14.7. The number of hydrogen-bond acceptors (Lipinski definition) is 4. The normalized spacial score (nSPS) is 11.2. The molecule has 0 aliphatic carbocycles. The van der Waals surface area contributed by atoms with Gasteiger partial charge >= 0.3 is 0 Å². The van der Waals surface area contributed by atoms with Crippen LogP contribution in [0.25, 0.3) is 0 Å². The highest BCUT2D eigenvalue weighted by Gasteiger charge is 2.28. The molecule has 6 heteroatoms. The number of nitrogens with zero attached hydrogens (tertiary/aromatic N) is 1. The molecule has 0 radical (unpaired) electrons. The number of rotatable bonds is 6. The van der Waals surface area contributed by atoms with Crippen molar-refractivity contribution in [1.29, 1.82) is 0 Å². The van der Waals surface area contributed by atoms with Gasteiger partial charge < -0.3 is 9.47 Å². The molecule has 5 nitrogen and oxygen atoms in total. The molecular formula is C18H23NO4S. The molecule has 2 aromatic carbocycles. The van der Waals surface area contributed by atoms with Crippen molar-refractivity contribution in [3.63, 3.8) is 0 Å². The van der Waals surface area contributed by atoms with Gasteiger partial charge in [-0.3, -0.25) is 4.31 Å². The maximum atomic E-state index is 13.2. The number of sulfonamides is 1. The van der Waals surface area contributed by atoms with Crippen molar-refractivity contribution in [3.05, 3.63) is 47.5 Å². The fourth-order valence-electron chi connectivity index (χ4n) is 2.62. The van der Waals surface area contributed by atoms with Crippen LogP contribution in [0.15, 0.2) is 41.3 Å². The largest absolute Gasteiger partial charge is 0.496 e. The molecule has 0 saturated heterocycles. The second kappa shape index (κ2) is 7.13. The molecule has 0 bridgehead atoms. The Balaban J connectivity index is 2.64. The second-order valence-corrected chi connectivity index (χ2v) is 7.31. The Morgan fingerprint density at radius 2 is 1.67 bits per heavy atom. The van der Waals surface area contributed by atoms with E-state index >= 15 is 0 Å². The van der Waals surface area contributed by atoms with Gasteiger partial charge in [0.25, 0.3) is 10.0 Å². The summed E-state index contributed by atoms with van der Waals surface area (Å²) in [4.78, 5) is 0.0933. The summed E-state index contributed by atoms with van der Waals surface area (Å²) in [5.74, 6) is 0.814. The van der Waals surface area contributed by atoms with Crippen LogP contribution in [-0.4, -0.2) is 29.2 Å². The zero-order valence-corrected chi connectivity index (χ0v) is 15.5. The molecule has 130 valence electrons. The zero-order chi connectivity index (χ0) is 17.9. The molecule has 0 saturated carbocycles. The van der Waals surface area contributed by atoms with Crippen LogP contribution in [0.5, 0.6) is 11.5 Å². The molecule has 0 spiro atoms. The first-order chi connectivity index (χ1) is 11.3. The molecule has 0 N–H and O–H groups in total. The number of benzene rings is 2. The summed E-state index contributed by atoms with van der Waals surface area (Å²) in [7, 11) is -0.806. The molecule has 0 aliphatic heterocycles. The molecule has 0 atom stereocenters. The van der Waals surface area contributed by atoms with Gasteiger partial charge in [0, 0.05) is 12.6 Å². The van der Waals surface area contributed by atoms with E-state index < -0.39 is 10.0 Å². The highest BCUT2D eigenvalue weighted by atomic mass is 32.2. The van der Waals surface area contributed by atoms with Gasteiger partial charge in [0.1, 0.15) is 16.4 Å². The predicted molar refractivity (Wildman–Crippen MR) is 95.7 cm³/mol. The number of ether oxygens (including phenoxy) is 2. The lowest BCUT2D eigenvalue weighted by atomic mass is 10.2. The van der Waals surface area contributed by atoms with Crippen molar-refractivity contribution in [1.82, 2.24) is 0 Å². The van der Waals surface area contributed by atoms with Crippen LogP contribution in [-0.2, 0) is 10.0 Å². The first-order valence-electron chi connectivity index (χ1n) is 7.67. The minimum Gasteiger partial charge on any atom is -0.496 e. The standard InChI is InChI=1S/C18H23NO4S/c1-6-19(15-9-7-8-13(2)10-15)24(20,21)18-12-16(22-4)14(3)11-17(18)23-5/h7-12H,6H2,1-5H3. The molecule has 0 fully saturated rings. The van der Waals surface area contributed by atoms with Crippen LogP contribution < -0.4 is 13.8 Å². The minimum atomic E-state index is -3.78. The summed E-state index contributed by atoms with van der Waals surface area (Å²) in [5.41, 5.74) is 2.43. The van der Waals surface area contributed by atoms with Crippen LogP contribution in [0.1, 0.15) is 18.1 Å². The Hall–Kier alpha value is -2.21. The van der Waals surface area contributed by atoms with Crippen LogP contribution in [0.2, 0.25) is 0 Å². The molecule has 0 aromatic heterocycles. The molecule has 0 aliphatic rings. The van der Waals surface area contributed by atoms with Gasteiger partial charge in [-0.05, 0) is 50.1 Å². The number of methoxy groups -OCH3 is 2. The van der Waals surface area contributed by atoms with Gasteiger partial charge in [-0.25, -0.2) is 8.42 Å². The van der Waals surface area contributed by atoms with Crippen molar-refractivity contribution in [2.24, 2.45) is 0 Å².